The van der Waals surface area contributed by atoms with Crippen molar-refractivity contribution in [2.45, 2.75) is 38.5 Å². The van der Waals surface area contributed by atoms with Crippen molar-refractivity contribution >= 4 is 11.8 Å². The first kappa shape index (κ1) is 12.8. The topological polar surface area (TPSA) is 43.4 Å². The van der Waals surface area contributed by atoms with Gasteiger partial charge in [-0.3, -0.25) is 4.79 Å². The number of Topliss-reactive ketones (excluding diaryl/α,β-unsaturated/α-hetero) is 1. The lowest BCUT2D eigenvalue weighted by molar-refractivity contribution is -0.120. The Morgan fingerprint density at radius 1 is 1.44 bits per heavy atom. The molecule has 1 aliphatic rings. The molecular weight excluding hydrogens is 228 g/mol. The average molecular weight is 246 g/mol. The number of carbonyl (C=O) groups excluding carboxylic acids is 2. The van der Waals surface area contributed by atoms with Gasteiger partial charge in [-0.2, -0.15) is 0 Å². The van der Waals surface area contributed by atoms with Gasteiger partial charge in [0, 0.05) is 12.8 Å². The quantitative estimate of drug-likeness (QED) is 0.770. The Morgan fingerprint density at radius 3 is 3.00 bits per heavy atom. The zero-order valence-corrected chi connectivity index (χ0v) is 10.6. The number of ether oxygens (including phenoxy) is 1. The monoisotopic (exact) mass is 246 g/mol. The number of hydrogen-bond acceptors (Lipinski definition) is 3. The van der Waals surface area contributed by atoms with Crippen molar-refractivity contribution in [3.8, 4) is 0 Å². The molecule has 1 saturated carbocycles. The van der Waals surface area contributed by atoms with E-state index in [1.165, 1.54) is 0 Å². The predicted octanol–water partition coefficient (Wildman–Crippen LogP) is 3.09. The van der Waals surface area contributed by atoms with Crippen LogP contribution in [0.15, 0.2) is 24.3 Å². The van der Waals surface area contributed by atoms with Crippen LogP contribution < -0.4 is 0 Å². The molecule has 0 aromatic heterocycles. The van der Waals surface area contributed by atoms with Crippen molar-refractivity contribution in [2.24, 2.45) is 0 Å². The van der Waals surface area contributed by atoms with E-state index >= 15 is 0 Å². The lowest BCUT2D eigenvalue weighted by atomic mass is 9.83. The summed E-state index contributed by atoms with van der Waals surface area (Å²) in [6.45, 7) is 2.17. The molecule has 0 saturated heterocycles. The Kier molecular flexibility index (Phi) is 4.13. The van der Waals surface area contributed by atoms with E-state index in [9.17, 15) is 9.59 Å². The maximum absolute atomic E-state index is 11.7. The molecule has 0 heterocycles. The molecule has 0 aliphatic heterocycles. The van der Waals surface area contributed by atoms with Crippen LogP contribution in [0.3, 0.4) is 0 Å². The highest BCUT2D eigenvalue weighted by molar-refractivity contribution is 5.89. The van der Waals surface area contributed by atoms with Crippen LogP contribution in [0.2, 0.25) is 0 Å². The summed E-state index contributed by atoms with van der Waals surface area (Å²) >= 11 is 0. The number of rotatable bonds is 3. The molecule has 1 fully saturated rings. The summed E-state index contributed by atoms with van der Waals surface area (Å²) in [4.78, 5) is 23.1. The standard InChI is InChI=1S/C15H18O3/c1-2-18-15(17)13-7-3-5-11(9-13)12-6-4-8-14(16)10-12/h3,5,7,9,12H,2,4,6,8,10H2,1H3/t12-/m0/s1. The number of esters is 1. The molecule has 0 unspecified atom stereocenters. The molecule has 0 N–H and O–H groups in total. The molecule has 18 heavy (non-hydrogen) atoms. The van der Waals surface area contributed by atoms with Crippen LogP contribution in [0.4, 0.5) is 0 Å². The Labute approximate surface area is 107 Å². The Hall–Kier alpha value is -1.64. The third-order valence-electron chi connectivity index (χ3n) is 3.35. The first-order chi connectivity index (χ1) is 8.70. The number of ketones is 1. The van der Waals surface area contributed by atoms with Crippen molar-refractivity contribution in [1.29, 1.82) is 0 Å². The van der Waals surface area contributed by atoms with Gasteiger partial charge in [-0.1, -0.05) is 12.1 Å². The Morgan fingerprint density at radius 2 is 2.28 bits per heavy atom. The van der Waals surface area contributed by atoms with Crippen molar-refractivity contribution in [1.82, 2.24) is 0 Å². The van der Waals surface area contributed by atoms with Crippen molar-refractivity contribution < 1.29 is 14.3 Å². The van der Waals surface area contributed by atoms with E-state index in [1.54, 1.807) is 13.0 Å². The zero-order valence-electron chi connectivity index (χ0n) is 10.6. The van der Waals surface area contributed by atoms with E-state index in [0.717, 1.165) is 18.4 Å². The maximum Gasteiger partial charge on any atom is 0.338 e. The van der Waals surface area contributed by atoms with Crippen LogP contribution in [0, 0.1) is 0 Å². The first-order valence-corrected chi connectivity index (χ1v) is 6.49. The second-order valence-corrected chi connectivity index (χ2v) is 4.68. The fourth-order valence-corrected chi connectivity index (χ4v) is 2.44. The highest BCUT2D eigenvalue weighted by Crippen LogP contribution is 2.31. The van der Waals surface area contributed by atoms with Gasteiger partial charge in [0.25, 0.3) is 0 Å². The van der Waals surface area contributed by atoms with Gasteiger partial charge in [-0.05, 0) is 43.4 Å². The fraction of sp³-hybridized carbons (Fsp3) is 0.467. The van der Waals surface area contributed by atoms with E-state index < -0.39 is 0 Å². The van der Waals surface area contributed by atoms with E-state index in [1.807, 2.05) is 18.2 Å². The van der Waals surface area contributed by atoms with Crippen LogP contribution in [0.1, 0.15) is 54.4 Å². The van der Waals surface area contributed by atoms with Crippen molar-refractivity contribution in [3.05, 3.63) is 35.4 Å². The molecule has 96 valence electrons. The van der Waals surface area contributed by atoms with Crippen LogP contribution in [-0.4, -0.2) is 18.4 Å². The second kappa shape index (κ2) is 5.80. The molecule has 1 atom stereocenters. The summed E-state index contributed by atoms with van der Waals surface area (Å²) in [6, 6.07) is 7.47. The van der Waals surface area contributed by atoms with E-state index in [-0.39, 0.29) is 11.9 Å². The minimum atomic E-state index is -0.290. The van der Waals surface area contributed by atoms with Gasteiger partial charge in [0.05, 0.1) is 12.2 Å². The van der Waals surface area contributed by atoms with Crippen LogP contribution in [0.25, 0.3) is 0 Å². The molecule has 2 rings (SSSR count). The summed E-state index contributed by atoms with van der Waals surface area (Å²) in [6.07, 6.45) is 3.28. The van der Waals surface area contributed by atoms with E-state index in [2.05, 4.69) is 0 Å². The Balaban J connectivity index is 2.16. The van der Waals surface area contributed by atoms with Gasteiger partial charge < -0.3 is 4.74 Å². The lowest BCUT2D eigenvalue weighted by Gasteiger charge is -2.21. The average Bonchev–Trinajstić information content (AvgIpc) is 2.39. The molecule has 0 bridgehead atoms. The minimum absolute atomic E-state index is 0.264. The predicted molar refractivity (Wildman–Crippen MR) is 68.6 cm³/mol. The van der Waals surface area contributed by atoms with Gasteiger partial charge >= 0.3 is 5.97 Å². The van der Waals surface area contributed by atoms with Crippen LogP contribution in [-0.2, 0) is 9.53 Å². The largest absolute Gasteiger partial charge is 0.462 e. The van der Waals surface area contributed by atoms with Crippen molar-refractivity contribution in [3.63, 3.8) is 0 Å². The SMILES string of the molecule is CCOC(=O)c1cccc([C@H]2CCCC(=O)C2)c1. The molecule has 0 radical (unpaired) electrons. The second-order valence-electron chi connectivity index (χ2n) is 4.68. The molecule has 0 spiro atoms. The smallest absolute Gasteiger partial charge is 0.338 e. The normalized spacial score (nSPS) is 19.6. The maximum atomic E-state index is 11.7. The van der Waals surface area contributed by atoms with Gasteiger partial charge in [0.2, 0.25) is 0 Å². The number of benzene rings is 1. The third-order valence-corrected chi connectivity index (χ3v) is 3.35. The van der Waals surface area contributed by atoms with Gasteiger partial charge in [-0.15, -0.1) is 0 Å². The van der Waals surface area contributed by atoms with Gasteiger partial charge in [-0.25, -0.2) is 4.79 Å². The van der Waals surface area contributed by atoms with Gasteiger partial charge in [0.1, 0.15) is 5.78 Å². The van der Waals surface area contributed by atoms with Crippen LogP contribution in [0.5, 0.6) is 0 Å². The van der Waals surface area contributed by atoms with Gasteiger partial charge in [0.15, 0.2) is 0 Å². The zero-order chi connectivity index (χ0) is 13.0. The van der Waals surface area contributed by atoms with E-state index in [0.29, 0.717) is 30.8 Å². The highest BCUT2D eigenvalue weighted by atomic mass is 16.5. The lowest BCUT2D eigenvalue weighted by Crippen LogP contribution is -2.14. The molecule has 0 amide bonds. The molecular formula is C15H18O3. The summed E-state index contributed by atoms with van der Waals surface area (Å²) in [5.74, 6) is 0.301. The number of hydrogen-bond donors (Lipinski definition) is 0. The molecule has 3 heteroatoms. The summed E-state index contributed by atoms with van der Waals surface area (Å²) in [7, 11) is 0. The Bertz CT molecular complexity index is 451. The third kappa shape index (κ3) is 2.97. The molecule has 1 aromatic rings. The molecule has 1 aromatic carbocycles. The molecule has 3 nitrogen and oxygen atoms in total. The minimum Gasteiger partial charge on any atom is -0.462 e. The highest BCUT2D eigenvalue weighted by Gasteiger charge is 2.21. The fourth-order valence-electron chi connectivity index (χ4n) is 2.44. The van der Waals surface area contributed by atoms with Crippen molar-refractivity contribution in [2.75, 3.05) is 6.61 Å². The molecule has 1 aliphatic carbocycles. The summed E-state index contributed by atoms with van der Waals surface area (Å²) in [5, 5.41) is 0. The first-order valence-electron chi connectivity index (χ1n) is 6.49. The summed E-state index contributed by atoms with van der Waals surface area (Å²) in [5.41, 5.74) is 1.65. The van der Waals surface area contributed by atoms with E-state index in [4.69, 9.17) is 4.74 Å². The summed E-state index contributed by atoms with van der Waals surface area (Å²) < 4.78 is 4.99. The number of carbonyl (C=O) groups is 2. The van der Waals surface area contributed by atoms with Crippen LogP contribution >= 0.6 is 0 Å².